The molecule has 2 aliphatic rings. The SMILES string of the molecule is CCOc1cc(-c2c(F)cccc2[C@@](O)(CCCCOC)[C@@H]2CCCN(C(=O)[C@H]3C[C@@H](N)[C@@H](O)C3)C2)cc(C(F)(F)F)c1. The fourth-order valence-electron chi connectivity index (χ4n) is 6.61. The van der Waals surface area contributed by atoms with Gasteiger partial charge in [0.05, 0.1) is 23.9 Å². The summed E-state index contributed by atoms with van der Waals surface area (Å²) in [6.45, 7) is 2.85. The molecule has 1 heterocycles. The van der Waals surface area contributed by atoms with Crippen LogP contribution < -0.4 is 10.5 Å². The van der Waals surface area contributed by atoms with Crippen LogP contribution in [0.5, 0.6) is 5.75 Å². The zero-order valence-corrected chi connectivity index (χ0v) is 24.7. The number of amides is 1. The molecule has 43 heavy (non-hydrogen) atoms. The van der Waals surface area contributed by atoms with Crippen LogP contribution in [0.2, 0.25) is 0 Å². The lowest BCUT2D eigenvalue weighted by atomic mass is 9.71. The number of nitrogens with zero attached hydrogens (tertiary/aromatic N) is 1. The summed E-state index contributed by atoms with van der Waals surface area (Å²) in [6, 6.07) is 6.80. The Morgan fingerprint density at radius 3 is 2.58 bits per heavy atom. The van der Waals surface area contributed by atoms with Crippen molar-refractivity contribution >= 4 is 5.91 Å². The third-order valence-corrected chi connectivity index (χ3v) is 8.80. The second kappa shape index (κ2) is 13.9. The van der Waals surface area contributed by atoms with Gasteiger partial charge >= 0.3 is 6.18 Å². The standard InChI is InChI=1S/C32H42F4N2O5/c1-3-43-24-15-20(14-23(18-24)32(34,35)36)29-25(9-6-10-26(29)33)31(41,11-4-5-13-42-2)22-8-7-12-38(19-22)30(40)21-16-27(37)28(39)17-21/h6,9-10,14-15,18,21-22,27-28,39,41H,3-5,7-8,11-13,16-17,19,37H2,1-2H3/t21-,22+,27+,28-,31+/m0/s1. The first-order chi connectivity index (χ1) is 20.4. The molecule has 0 radical (unpaired) electrons. The molecule has 5 atom stereocenters. The van der Waals surface area contributed by atoms with Crippen LogP contribution in [0, 0.1) is 17.7 Å². The second-order valence-corrected chi connectivity index (χ2v) is 11.7. The van der Waals surface area contributed by atoms with Gasteiger partial charge in [-0.3, -0.25) is 4.79 Å². The van der Waals surface area contributed by atoms with E-state index < -0.39 is 47.1 Å². The maximum absolute atomic E-state index is 15.8. The predicted molar refractivity (Wildman–Crippen MR) is 154 cm³/mol. The van der Waals surface area contributed by atoms with Crippen molar-refractivity contribution < 1.29 is 42.0 Å². The quantitative estimate of drug-likeness (QED) is 0.237. The molecule has 2 fully saturated rings. The highest BCUT2D eigenvalue weighted by Gasteiger charge is 2.45. The number of unbranched alkanes of at least 4 members (excludes halogenated alkanes) is 1. The summed E-state index contributed by atoms with van der Waals surface area (Å²) in [5, 5.41) is 22.7. The van der Waals surface area contributed by atoms with Crippen LogP contribution in [0.15, 0.2) is 36.4 Å². The highest BCUT2D eigenvalue weighted by atomic mass is 19.4. The Balaban J connectivity index is 1.77. The number of ether oxygens (including phenoxy) is 2. The molecule has 0 unspecified atom stereocenters. The lowest BCUT2D eigenvalue weighted by Crippen LogP contribution is -2.49. The Bertz CT molecular complexity index is 1250. The number of nitrogens with two attached hydrogens (primary N) is 1. The third-order valence-electron chi connectivity index (χ3n) is 8.80. The molecule has 2 aromatic rings. The molecule has 4 N–H and O–H groups in total. The monoisotopic (exact) mass is 610 g/mol. The summed E-state index contributed by atoms with van der Waals surface area (Å²) in [5.74, 6) is -1.92. The molecule has 7 nitrogen and oxygen atoms in total. The Labute approximate surface area is 250 Å². The lowest BCUT2D eigenvalue weighted by molar-refractivity contribution is -0.141. The van der Waals surface area contributed by atoms with Gasteiger partial charge in [-0.25, -0.2) is 4.39 Å². The van der Waals surface area contributed by atoms with Crippen molar-refractivity contribution in [1.29, 1.82) is 0 Å². The number of benzene rings is 2. The van der Waals surface area contributed by atoms with Gasteiger partial charge in [-0.05, 0) is 87.3 Å². The number of carbonyl (C=O) groups excluding carboxylic acids is 1. The number of alkyl halides is 3. The molecule has 1 aliphatic heterocycles. The fraction of sp³-hybridized carbons (Fsp3) is 0.594. The predicted octanol–water partition coefficient (Wildman–Crippen LogP) is 5.25. The highest BCUT2D eigenvalue weighted by molar-refractivity contribution is 5.79. The van der Waals surface area contributed by atoms with Gasteiger partial charge in [0.1, 0.15) is 11.6 Å². The first-order valence-corrected chi connectivity index (χ1v) is 15.0. The topological polar surface area (TPSA) is 105 Å². The summed E-state index contributed by atoms with van der Waals surface area (Å²) >= 11 is 0. The van der Waals surface area contributed by atoms with E-state index in [2.05, 4.69) is 0 Å². The Hall–Kier alpha value is -2.73. The minimum absolute atomic E-state index is 0.0561. The number of aliphatic hydroxyl groups excluding tert-OH is 1. The number of methoxy groups -OCH3 is 1. The number of carbonyl (C=O) groups is 1. The van der Waals surface area contributed by atoms with Crippen LogP contribution in [0.1, 0.15) is 63.0 Å². The summed E-state index contributed by atoms with van der Waals surface area (Å²) in [7, 11) is 1.57. The third kappa shape index (κ3) is 7.50. The van der Waals surface area contributed by atoms with E-state index >= 15 is 4.39 Å². The zero-order chi connectivity index (χ0) is 31.4. The Morgan fingerprint density at radius 1 is 1.16 bits per heavy atom. The van der Waals surface area contributed by atoms with E-state index in [1.165, 1.54) is 12.1 Å². The second-order valence-electron chi connectivity index (χ2n) is 11.7. The molecule has 2 aromatic carbocycles. The molecule has 1 aliphatic carbocycles. The molecule has 0 aromatic heterocycles. The number of likely N-dealkylation sites (tertiary alicyclic amines) is 1. The first kappa shape index (κ1) is 33.2. The average Bonchev–Trinajstić information content (AvgIpc) is 3.32. The normalized spacial score (nSPS) is 24.2. The maximum Gasteiger partial charge on any atom is 0.416 e. The molecule has 1 saturated carbocycles. The van der Waals surface area contributed by atoms with E-state index in [-0.39, 0.29) is 54.3 Å². The maximum atomic E-state index is 15.8. The number of halogens is 4. The number of rotatable bonds is 11. The van der Waals surface area contributed by atoms with E-state index in [1.54, 1.807) is 25.0 Å². The fourth-order valence-corrected chi connectivity index (χ4v) is 6.61. The Kier molecular flexibility index (Phi) is 10.7. The van der Waals surface area contributed by atoms with Gasteiger partial charge in [0.15, 0.2) is 0 Å². The van der Waals surface area contributed by atoms with Crippen molar-refractivity contribution in [2.24, 2.45) is 17.6 Å². The number of hydrogen-bond acceptors (Lipinski definition) is 6. The molecule has 0 bridgehead atoms. The van der Waals surface area contributed by atoms with Crippen molar-refractivity contribution in [2.45, 2.75) is 75.8 Å². The minimum Gasteiger partial charge on any atom is -0.494 e. The van der Waals surface area contributed by atoms with Gasteiger partial charge in [0, 0.05) is 50.2 Å². The van der Waals surface area contributed by atoms with Crippen LogP contribution in [0.3, 0.4) is 0 Å². The number of piperidine rings is 1. The van der Waals surface area contributed by atoms with Crippen molar-refractivity contribution in [1.82, 2.24) is 4.90 Å². The highest BCUT2D eigenvalue weighted by Crippen LogP contribution is 2.46. The molecule has 1 amide bonds. The molecule has 1 saturated heterocycles. The van der Waals surface area contributed by atoms with Crippen molar-refractivity contribution in [3.8, 4) is 16.9 Å². The summed E-state index contributed by atoms with van der Waals surface area (Å²) in [6.07, 6.45) is -2.41. The molecular formula is C32H42F4N2O5. The molecule has 11 heteroatoms. The van der Waals surface area contributed by atoms with Crippen LogP contribution in [-0.4, -0.2) is 66.6 Å². The van der Waals surface area contributed by atoms with Crippen LogP contribution >= 0.6 is 0 Å². The van der Waals surface area contributed by atoms with Crippen LogP contribution in [0.25, 0.3) is 11.1 Å². The van der Waals surface area contributed by atoms with Crippen LogP contribution in [0.4, 0.5) is 17.6 Å². The first-order valence-electron chi connectivity index (χ1n) is 15.0. The molecule has 0 spiro atoms. The number of aliphatic hydroxyl groups is 2. The van der Waals surface area contributed by atoms with E-state index in [1.807, 2.05) is 0 Å². The van der Waals surface area contributed by atoms with Gasteiger partial charge < -0.3 is 30.3 Å². The largest absolute Gasteiger partial charge is 0.494 e. The zero-order valence-electron chi connectivity index (χ0n) is 24.7. The van der Waals surface area contributed by atoms with E-state index in [9.17, 15) is 28.2 Å². The van der Waals surface area contributed by atoms with Gasteiger partial charge in [-0.1, -0.05) is 12.1 Å². The molecular weight excluding hydrogens is 568 g/mol. The molecule has 4 rings (SSSR count). The minimum atomic E-state index is -4.70. The van der Waals surface area contributed by atoms with Gasteiger partial charge in [-0.2, -0.15) is 13.2 Å². The van der Waals surface area contributed by atoms with Crippen molar-refractivity contribution in [3.63, 3.8) is 0 Å². The summed E-state index contributed by atoms with van der Waals surface area (Å²) in [4.78, 5) is 15.1. The van der Waals surface area contributed by atoms with Crippen molar-refractivity contribution in [3.05, 3.63) is 53.3 Å². The van der Waals surface area contributed by atoms with E-state index in [0.29, 0.717) is 45.3 Å². The van der Waals surface area contributed by atoms with E-state index in [0.717, 1.165) is 18.2 Å². The van der Waals surface area contributed by atoms with Gasteiger partial charge in [-0.15, -0.1) is 0 Å². The lowest BCUT2D eigenvalue weighted by Gasteiger charge is -2.44. The Morgan fingerprint density at radius 2 is 1.93 bits per heavy atom. The summed E-state index contributed by atoms with van der Waals surface area (Å²) in [5.41, 5.74) is 3.28. The van der Waals surface area contributed by atoms with Crippen molar-refractivity contribution in [2.75, 3.05) is 33.4 Å². The van der Waals surface area contributed by atoms with Crippen LogP contribution in [-0.2, 0) is 21.3 Å². The number of hydrogen-bond donors (Lipinski definition) is 3. The van der Waals surface area contributed by atoms with Gasteiger partial charge in [0.2, 0.25) is 5.91 Å². The average molecular weight is 611 g/mol. The smallest absolute Gasteiger partial charge is 0.416 e. The molecule has 238 valence electrons. The van der Waals surface area contributed by atoms with E-state index in [4.69, 9.17) is 15.2 Å². The summed E-state index contributed by atoms with van der Waals surface area (Å²) < 4.78 is 68.0. The van der Waals surface area contributed by atoms with Gasteiger partial charge in [0.25, 0.3) is 0 Å².